The smallest absolute Gasteiger partial charge is 0.339 e. The van der Waals surface area contributed by atoms with Gasteiger partial charge in [-0.2, -0.15) is 0 Å². The van der Waals surface area contributed by atoms with Crippen LogP contribution in [0.2, 0.25) is 0 Å². The second kappa shape index (κ2) is 9.11. The van der Waals surface area contributed by atoms with E-state index in [1.54, 1.807) is 24.7 Å². The quantitative estimate of drug-likeness (QED) is 0.442. The highest BCUT2D eigenvalue weighted by molar-refractivity contribution is 5.91. The van der Waals surface area contributed by atoms with Gasteiger partial charge in [0.25, 0.3) is 0 Å². The molecule has 33 heavy (non-hydrogen) atoms. The van der Waals surface area contributed by atoms with Crippen LogP contribution in [0.4, 0.5) is 0 Å². The number of pyridine rings is 1. The highest BCUT2D eigenvalue weighted by atomic mass is 16.5. The van der Waals surface area contributed by atoms with Crippen LogP contribution in [0.1, 0.15) is 45.8 Å². The third-order valence-electron chi connectivity index (χ3n) is 6.60. The Bertz CT molecular complexity index is 1250. The standard InChI is InChI=1S/C26H27N3O4/c1-32-25-20(3-2-4-22(25)26(30)31)15-28-10-6-19(7-11-28)23-16-29(14-18-8-12-33-17-18)24-13-27-9-5-21(23)24/h2-5,8-9,12-13,16-17,19H,6-7,10-11,14-15H2,1H3,(H,30,31). The number of fused-ring (bicyclic) bond motifs is 1. The first-order valence-corrected chi connectivity index (χ1v) is 11.2. The van der Waals surface area contributed by atoms with Crippen LogP contribution in [-0.2, 0) is 13.1 Å². The molecule has 0 radical (unpaired) electrons. The number of nitrogens with zero attached hydrogens (tertiary/aromatic N) is 3. The number of furan rings is 1. The summed E-state index contributed by atoms with van der Waals surface area (Å²) in [5.41, 5.74) is 4.78. The number of hydrogen-bond donors (Lipinski definition) is 1. The Hall–Kier alpha value is -3.58. The van der Waals surface area contributed by atoms with Gasteiger partial charge in [-0.1, -0.05) is 12.1 Å². The molecular weight excluding hydrogens is 418 g/mol. The molecule has 3 aromatic heterocycles. The van der Waals surface area contributed by atoms with Crippen molar-refractivity contribution in [3.63, 3.8) is 0 Å². The molecule has 0 amide bonds. The van der Waals surface area contributed by atoms with Crippen LogP contribution in [0.3, 0.4) is 0 Å². The van der Waals surface area contributed by atoms with E-state index < -0.39 is 5.97 Å². The third-order valence-corrected chi connectivity index (χ3v) is 6.60. The van der Waals surface area contributed by atoms with E-state index in [1.807, 2.05) is 24.5 Å². The Morgan fingerprint density at radius 3 is 2.79 bits per heavy atom. The van der Waals surface area contributed by atoms with Crippen molar-refractivity contribution in [3.8, 4) is 5.75 Å². The predicted molar refractivity (Wildman–Crippen MR) is 125 cm³/mol. The summed E-state index contributed by atoms with van der Waals surface area (Å²) in [5, 5.41) is 10.7. The van der Waals surface area contributed by atoms with Crippen LogP contribution in [0.25, 0.3) is 10.9 Å². The maximum absolute atomic E-state index is 11.5. The van der Waals surface area contributed by atoms with Crippen molar-refractivity contribution < 1.29 is 19.1 Å². The molecule has 170 valence electrons. The van der Waals surface area contributed by atoms with E-state index in [0.29, 0.717) is 18.2 Å². The van der Waals surface area contributed by atoms with Crippen LogP contribution >= 0.6 is 0 Å². The molecule has 5 rings (SSSR count). The maximum atomic E-state index is 11.5. The van der Waals surface area contributed by atoms with Crippen LogP contribution < -0.4 is 4.74 Å². The number of aromatic carboxylic acids is 1. The molecule has 0 aliphatic carbocycles. The highest BCUT2D eigenvalue weighted by Gasteiger charge is 2.25. The molecule has 0 spiro atoms. The summed E-state index contributed by atoms with van der Waals surface area (Å²) in [4.78, 5) is 18.3. The molecule has 1 aliphatic rings. The summed E-state index contributed by atoms with van der Waals surface area (Å²) in [5.74, 6) is -0.0281. The van der Waals surface area contributed by atoms with Crippen molar-refractivity contribution in [2.75, 3.05) is 20.2 Å². The zero-order valence-electron chi connectivity index (χ0n) is 18.6. The number of carboxylic acids is 1. The van der Waals surface area contributed by atoms with Crippen molar-refractivity contribution >= 4 is 16.9 Å². The van der Waals surface area contributed by atoms with Crippen molar-refractivity contribution in [1.82, 2.24) is 14.5 Å². The third kappa shape index (κ3) is 4.24. The molecule has 4 heterocycles. The summed E-state index contributed by atoms with van der Waals surface area (Å²) in [7, 11) is 1.53. The Morgan fingerprint density at radius 1 is 1.21 bits per heavy atom. The van der Waals surface area contributed by atoms with Crippen molar-refractivity contribution in [3.05, 3.63) is 83.7 Å². The largest absolute Gasteiger partial charge is 0.496 e. The van der Waals surface area contributed by atoms with Gasteiger partial charge in [0.15, 0.2) is 0 Å². The lowest BCUT2D eigenvalue weighted by molar-refractivity contribution is 0.0693. The second-order valence-corrected chi connectivity index (χ2v) is 8.59. The van der Waals surface area contributed by atoms with E-state index in [9.17, 15) is 9.90 Å². The topological polar surface area (TPSA) is 80.7 Å². The monoisotopic (exact) mass is 445 g/mol. The Balaban J connectivity index is 1.32. The number of ether oxygens (including phenoxy) is 1. The van der Waals surface area contributed by atoms with E-state index in [2.05, 4.69) is 26.7 Å². The number of carboxylic acid groups (broad SMARTS) is 1. The SMILES string of the molecule is COc1c(CN2CCC(c3cn(Cc4ccoc4)c4cnccc34)CC2)cccc1C(=O)O. The lowest BCUT2D eigenvalue weighted by atomic mass is 9.89. The number of aromatic nitrogens is 2. The first-order chi connectivity index (χ1) is 16.1. The van der Waals surface area contributed by atoms with E-state index in [1.165, 1.54) is 18.1 Å². The molecule has 4 aromatic rings. The number of benzene rings is 1. The summed E-state index contributed by atoms with van der Waals surface area (Å²) >= 11 is 0. The minimum absolute atomic E-state index is 0.212. The first-order valence-electron chi connectivity index (χ1n) is 11.2. The molecular formula is C26H27N3O4. The Labute approximate surface area is 192 Å². The van der Waals surface area contributed by atoms with E-state index in [4.69, 9.17) is 9.15 Å². The van der Waals surface area contributed by atoms with Crippen LogP contribution in [0.5, 0.6) is 5.75 Å². The molecule has 1 saturated heterocycles. The van der Waals surface area contributed by atoms with E-state index >= 15 is 0 Å². The minimum Gasteiger partial charge on any atom is -0.496 e. The number of rotatable bonds is 7. The fourth-order valence-electron chi connectivity index (χ4n) is 4.96. The van der Waals surface area contributed by atoms with E-state index in [0.717, 1.165) is 49.1 Å². The highest BCUT2D eigenvalue weighted by Crippen LogP contribution is 2.35. The summed E-state index contributed by atoms with van der Waals surface area (Å²) < 4.78 is 12.9. The lowest BCUT2D eigenvalue weighted by Gasteiger charge is -2.32. The number of piperidine rings is 1. The first kappa shape index (κ1) is 21.3. The van der Waals surface area contributed by atoms with Gasteiger partial charge in [-0.05, 0) is 55.6 Å². The Morgan fingerprint density at radius 2 is 2.06 bits per heavy atom. The van der Waals surface area contributed by atoms with E-state index in [-0.39, 0.29) is 5.56 Å². The molecule has 0 atom stereocenters. The molecule has 0 saturated carbocycles. The van der Waals surface area contributed by atoms with Gasteiger partial charge in [0.05, 0.1) is 37.9 Å². The average molecular weight is 446 g/mol. The van der Waals surface area contributed by atoms with Gasteiger partial charge in [0, 0.05) is 35.5 Å². The number of para-hydroxylation sites is 1. The fraction of sp³-hybridized carbons (Fsp3) is 0.308. The van der Waals surface area contributed by atoms with Gasteiger partial charge < -0.3 is 18.8 Å². The zero-order chi connectivity index (χ0) is 22.8. The number of carbonyl (C=O) groups is 1. The summed E-state index contributed by atoms with van der Waals surface area (Å²) in [6.07, 6.45) is 11.7. The molecule has 0 unspecified atom stereocenters. The lowest BCUT2D eigenvalue weighted by Crippen LogP contribution is -2.32. The number of likely N-dealkylation sites (tertiary alicyclic amines) is 1. The molecule has 7 nitrogen and oxygen atoms in total. The molecule has 1 aliphatic heterocycles. The average Bonchev–Trinajstić information content (AvgIpc) is 3.48. The van der Waals surface area contributed by atoms with Gasteiger partial charge in [-0.15, -0.1) is 0 Å². The van der Waals surface area contributed by atoms with Gasteiger partial charge in [-0.25, -0.2) is 4.79 Å². The molecule has 1 fully saturated rings. The van der Waals surface area contributed by atoms with Crippen molar-refractivity contribution in [1.29, 1.82) is 0 Å². The van der Waals surface area contributed by atoms with Gasteiger partial charge in [0.1, 0.15) is 11.3 Å². The fourth-order valence-corrected chi connectivity index (χ4v) is 4.96. The second-order valence-electron chi connectivity index (χ2n) is 8.59. The molecule has 1 aromatic carbocycles. The zero-order valence-corrected chi connectivity index (χ0v) is 18.6. The van der Waals surface area contributed by atoms with Crippen molar-refractivity contribution in [2.24, 2.45) is 0 Å². The molecule has 0 bridgehead atoms. The summed E-state index contributed by atoms with van der Waals surface area (Å²) in [6.45, 7) is 3.34. The van der Waals surface area contributed by atoms with Gasteiger partial charge in [0.2, 0.25) is 0 Å². The maximum Gasteiger partial charge on any atom is 0.339 e. The number of methoxy groups -OCH3 is 1. The normalized spacial score (nSPS) is 15.2. The van der Waals surface area contributed by atoms with Crippen molar-refractivity contribution in [2.45, 2.75) is 31.8 Å². The molecule has 1 N–H and O–H groups in total. The Kier molecular flexibility index (Phi) is 5.88. The van der Waals surface area contributed by atoms with Crippen LogP contribution in [-0.4, -0.2) is 45.7 Å². The van der Waals surface area contributed by atoms with Gasteiger partial charge >= 0.3 is 5.97 Å². The van der Waals surface area contributed by atoms with Crippen LogP contribution in [0.15, 0.2) is 65.9 Å². The summed E-state index contributed by atoms with van der Waals surface area (Å²) in [6, 6.07) is 9.44. The van der Waals surface area contributed by atoms with Gasteiger partial charge in [-0.3, -0.25) is 9.88 Å². The predicted octanol–water partition coefficient (Wildman–Crippen LogP) is 4.76. The minimum atomic E-state index is -0.964. The molecule has 7 heteroatoms. The van der Waals surface area contributed by atoms with Crippen LogP contribution in [0, 0.1) is 0 Å². The number of hydrogen-bond acceptors (Lipinski definition) is 5.